The highest BCUT2D eigenvalue weighted by molar-refractivity contribution is 7.09. The summed E-state index contributed by atoms with van der Waals surface area (Å²) in [7, 11) is 0. The van der Waals surface area contributed by atoms with Crippen molar-refractivity contribution >= 4 is 45.3 Å². The summed E-state index contributed by atoms with van der Waals surface area (Å²) in [5.74, 6) is 0.955. The average molecular weight is 446 g/mol. The molecule has 3 aromatic rings. The van der Waals surface area contributed by atoms with Gasteiger partial charge < -0.3 is 19.6 Å². The van der Waals surface area contributed by atoms with Gasteiger partial charge in [-0.1, -0.05) is 0 Å². The van der Waals surface area contributed by atoms with Gasteiger partial charge in [0.15, 0.2) is 0 Å². The predicted octanol–water partition coefficient (Wildman–Crippen LogP) is 3.53. The number of hydrogen-bond donors (Lipinski definition) is 1. The Morgan fingerprint density at radius 1 is 1.17 bits per heavy atom. The number of aliphatic hydroxyl groups excluding tert-OH is 1. The molecule has 1 aromatic carbocycles. The number of anilines is 2. The first-order valence-electron chi connectivity index (χ1n) is 10.3. The summed E-state index contributed by atoms with van der Waals surface area (Å²) in [6.45, 7) is 4.83. The van der Waals surface area contributed by atoms with Crippen LogP contribution < -0.4 is 9.80 Å². The number of ether oxygens (including phenoxy) is 1. The number of morpholine rings is 1. The van der Waals surface area contributed by atoms with Crippen molar-refractivity contribution in [1.82, 2.24) is 15.0 Å². The molecule has 0 saturated carbocycles. The fourth-order valence-electron chi connectivity index (χ4n) is 4.38. The first kappa shape index (κ1) is 19.9. The van der Waals surface area contributed by atoms with E-state index in [1.54, 1.807) is 6.20 Å². The van der Waals surface area contributed by atoms with Crippen LogP contribution in [0.4, 0.5) is 11.5 Å². The zero-order valence-electron chi connectivity index (χ0n) is 16.6. The van der Waals surface area contributed by atoms with Gasteiger partial charge in [0.25, 0.3) is 0 Å². The quantitative estimate of drug-likeness (QED) is 0.615. The Bertz CT molecular complexity index is 1010. The van der Waals surface area contributed by atoms with Gasteiger partial charge in [0.2, 0.25) is 5.28 Å². The number of benzene rings is 1. The lowest BCUT2D eigenvalue weighted by atomic mass is 9.92. The highest BCUT2D eigenvalue weighted by Gasteiger charge is 2.30. The number of hydrogen-bond acceptors (Lipinski definition) is 8. The van der Waals surface area contributed by atoms with Crippen LogP contribution in [0.25, 0.3) is 10.9 Å². The van der Waals surface area contributed by atoms with Crippen molar-refractivity contribution < 1.29 is 9.84 Å². The standard InChI is InChI=1S/C21H24ClN5O2S/c22-21-24-17-12-15(26-7-9-29-10-8-26)3-4-16(17)19(25-21)27-6-1-2-14(13-27)18(28)20-23-5-11-30-20/h3-5,11-12,14,18,28H,1-2,6-10,13H2/t14?,18-/m0/s1. The smallest absolute Gasteiger partial charge is 0.224 e. The van der Waals surface area contributed by atoms with E-state index in [4.69, 9.17) is 16.3 Å². The summed E-state index contributed by atoms with van der Waals surface area (Å²) in [4.78, 5) is 17.9. The van der Waals surface area contributed by atoms with E-state index in [0.717, 1.165) is 73.1 Å². The molecule has 4 heterocycles. The molecule has 0 radical (unpaired) electrons. The van der Waals surface area contributed by atoms with E-state index in [1.807, 2.05) is 5.38 Å². The lowest BCUT2D eigenvalue weighted by Crippen LogP contribution is -2.38. The van der Waals surface area contributed by atoms with Crippen molar-refractivity contribution in [2.45, 2.75) is 18.9 Å². The summed E-state index contributed by atoms with van der Waals surface area (Å²) in [6, 6.07) is 6.30. The minimum absolute atomic E-state index is 0.112. The number of fused-ring (bicyclic) bond motifs is 1. The molecule has 2 fully saturated rings. The Kier molecular flexibility index (Phi) is 5.73. The maximum Gasteiger partial charge on any atom is 0.224 e. The molecule has 7 nitrogen and oxygen atoms in total. The molecule has 30 heavy (non-hydrogen) atoms. The van der Waals surface area contributed by atoms with Crippen molar-refractivity contribution in [1.29, 1.82) is 0 Å². The summed E-state index contributed by atoms with van der Waals surface area (Å²) in [6.07, 6.45) is 3.15. The molecule has 5 rings (SSSR count). The van der Waals surface area contributed by atoms with Gasteiger partial charge in [0, 0.05) is 54.7 Å². The van der Waals surface area contributed by atoms with Gasteiger partial charge in [0.05, 0.1) is 18.7 Å². The molecule has 0 bridgehead atoms. The monoisotopic (exact) mass is 445 g/mol. The van der Waals surface area contributed by atoms with Gasteiger partial charge in [-0.3, -0.25) is 0 Å². The van der Waals surface area contributed by atoms with Crippen molar-refractivity contribution in [2.24, 2.45) is 5.92 Å². The average Bonchev–Trinajstić information content (AvgIpc) is 3.33. The molecule has 1 unspecified atom stereocenters. The Morgan fingerprint density at radius 3 is 2.83 bits per heavy atom. The Morgan fingerprint density at radius 2 is 2.03 bits per heavy atom. The van der Waals surface area contributed by atoms with Crippen LogP contribution in [0.2, 0.25) is 5.28 Å². The molecule has 1 N–H and O–H groups in total. The van der Waals surface area contributed by atoms with E-state index in [2.05, 4.69) is 43.0 Å². The van der Waals surface area contributed by atoms with Gasteiger partial charge in [0.1, 0.15) is 16.9 Å². The number of piperidine rings is 1. The van der Waals surface area contributed by atoms with E-state index >= 15 is 0 Å². The van der Waals surface area contributed by atoms with Crippen LogP contribution >= 0.6 is 22.9 Å². The van der Waals surface area contributed by atoms with Gasteiger partial charge >= 0.3 is 0 Å². The SMILES string of the molecule is O[C@H](c1nccs1)C1CCCN(c2nc(Cl)nc3cc(N4CCOCC4)ccc23)C1. The minimum Gasteiger partial charge on any atom is -0.386 e. The van der Waals surface area contributed by atoms with Crippen molar-refractivity contribution in [2.75, 3.05) is 49.2 Å². The minimum atomic E-state index is -0.552. The van der Waals surface area contributed by atoms with Crippen molar-refractivity contribution in [3.05, 3.63) is 40.1 Å². The van der Waals surface area contributed by atoms with Gasteiger partial charge in [-0.05, 0) is 42.6 Å². The predicted molar refractivity (Wildman–Crippen MR) is 120 cm³/mol. The highest BCUT2D eigenvalue weighted by Crippen LogP contribution is 2.35. The molecule has 2 aliphatic heterocycles. The zero-order valence-corrected chi connectivity index (χ0v) is 18.1. The third kappa shape index (κ3) is 3.97. The van der Waals surface area contributed by atoms with E-state index in [1.165, 1.54) is 11.3 Å². The summed E-state index contributed by atoms with van der Waals surface area (Å²) < 4.78 is 5.46. The van der Waals surface area contributed by atoms with E-state index in [0.29, 0.717) is 6.54 Å². The summed E-state index contributed by atoms with van der Waals surface area (Å²) in [5, 5.41) is 14.7. The van der Waals surface area contributed by atoms with Gasteiger partial charge in [-0.25, -0.2) is 9.97 Å². The molecular weight excluding hydrogens is 422 g/mol. The Hall–Kier alpha value is -2.00. The molecule has 9 heteroatoms. The number of nitrogens with zero attached hydrogens (tertiary/aromatic N) is 5. The second-order valence-corrected chi connectivity index (χ2v) is 9.04. The number of aliphatic hydroxyl groups is 1. The zero-order chi connectivity index (χ0) is 20.5. The molecule has 0 spiro atoms. The highest BCUT2D eigenvalue weighted by atomic mass is 35.5. The fraction of sp³-hybridized carbons (Fsp3) is 0.476. The molecule has 158 valence electrons. The first-order valence-corrected chi connectivity index (χ1v) is 11.6. The second kappa shape index (κ2) is 8.63. The van der Waals surface area contributed by atoms with Gasteiger partial charge in [-0.15, -0.1) is 11.3 Å². The lowest BCUT2D eigenvalue weighted by molar-refractivity contribution is 0.0977. The molecule has 0 aliphatic carbocycles. The number of aromatic nitrogens is 3. The van der Waals surface area contributed by atoms with Crippen LogP contribution in [0.15, 0.2) is 29.8 Å². The van der Waals surface area contributed by atoms with Crippen molar-refractivity contribution in [3.63, 3.8) is 0 Å². The number of thiazole rings is 1. The number of rotatable bonds is 4. The molecule has 2 atom stereocenters. The van der Waals surface area contributed by atoms with Crippen LogP contribution in [0.3, 0.4) is 0 Å². The molecular formula is C21H24ClN5O2S. The molecule has 2 saturated heterocycles. The third-order valence-electron chi connectivity index (χ3n) is 5.92. The fourth-order valence-corrected chi connectivity index (χ4v) is 5.26. The molecule has 2 aromatic heterocycles. The maximum atomic E-state index is 10.8. The van der Waals surface area contributed by atoms with Crippen LogP contribution in [0.5, 0.6) is 0 Å². The van der Waals surface area contributed by atoms with Crippen LogP contribution in [0.1, 0.15) is 24.0 Å². The van der Waals surface area contributed by atoms with Crippen LogP contribution in [-0.4, -0.2) is 59.5 Å². The normalized spacial score (nSPS) is 21.2. The van der Waals surface area contributed by atoms with Crippen LogP contribution in [0, 0.1) is 5.92 Å². The Balaban J connectivity index is 1.44. The van der Waals surface area contributed by atoms with E-state index in [9.17, 15) is 5.11 Å². The topological polar surface area (TPSA) is 74.6 Å². The van der Waals surface area contributed by atoms with Crippen LogP contribution in [-0.2, 0) is 4.74 Å². The molecule has 2 aliphatic rings. The number of halogens is 1. The first-order chi connectivity index (χ1) is 14.7. The van der Waals surface area contributed by atoms with E-state index < -0.39 is 6.10 Å². The van der Waals surface area contributed by atoms with Gasteiger partial charge in [-0.2, -0.15) is 4.98 Å². The van der Waals surface area contributed by atoms with Crippen molar-refractivity contribution in [3.8, 4) is 0 Å². The second-order valence-electron chi connectivity index (χ2n) is 7.78. The van der Waals surface area contributed by atoms with E-state index in [-0.39, 0.29) is 11.2 Å². The maximum absolute atomic E-state index is 10.8. The largest absolute Gasteiger partial charge is 0.386 e. The Labute approximate surface area is 184 Å². The third-order valence-corrected chi connectivity index (χ3v) is 6.93. The summed E-state index contributed by atoms with van der Waals surface area (Å²) >= 11 is 7.82. The summed E-state index contributed by atoms with van der Waals surface area (Å²) in [5.41, 5.74) is 1.97. The molecule has 0 amide bonds. The lowest BCUT2D eigenvalue weighted by Gasteiger charge is -2.36.